The molecule has 0 aliphatic carbocycles. The van der Waals surface area contributed by atoms with Gasteiger partial charge in [-0.3, -0.25) is 0 Å². The number of hydrogen-bond acceptors (Lipinski definition) is 4. The molecule has 5 heteroatoms. The van der Waals surface area contributed by atoms with E-state index in [4.69, 9.17) is 5.11 Å². The van der Waals surface area contributed by atoms with Crippen LogP contribution in [-0.2, 0) is 0 Å². The van der Waals surface area contributed by atoms with Crippen molar-refractivity contribution in [2.75, 3.05) is 0 Å². The summed E-state index contributed by atoms with van der Waals surface area (Å²) in [5.41, 5.74) is 0.473. The molecule has 2 N–H and O–H groups in total. The fourth-order valence-corrected chi connectivity index (χ4v) is 1.44. The van der Waals surface area contributed by atoms with Gasteiger partial charge in [-0.2, -0.15) is 5.11 Å². The van der Waals surface area contributed by atoms with Gasteiger partial charge >= 0.3 is 5.97 Å². The summed E-state index contributed by atoms with van der Waals surface area (Å²) in [7, 11) is 0. The smallest absolute Gasteiger partial charge is 0.341 e. The SMILES string of the molecule is O=C(O)c1c(O)cccc1N=Nc1ccccc1. The van der Waals surface area contributed by atoms with Gasteiger partial charge in [-0.05, 0) is 24.3 Å². The van der Waals surface area contributed by atoms with Gasteiger partial charge in [0, 0.05) is 0 Å². The lowest BCUT2D eigenvalue weighted by Crippen LogP contribution is -1.96. The number of azo groups is 1. The van der Waals surface area contributed by atoms with Crippen LogP contribution in [0.5, 0.6) is 5.75 Å². The van der Waals surface area contributed by atoms with Gasteiger partial charge in [-0.25, -0.2) is 4.79 Å². The summed E-state index contributed by atoms with van der Waals surface area (Å²) >= 11 is 0. The Labute approximate surface area is 103 Å². The molecule has 5 nitrogen and oxygen atoms in total. The van der Waals surface area contributed by atoms with E-state index in [0.717, 1.165) is 0 Å². The van der Waals surface area contributed by atoms with Crippen molar-refractivity contribution in [1.82, 2.24) is 0 Å². The maximum Gasteiger partial charge on any atom is 0.341 e. The fourth-order valence-electron chi connectivity index (χ4n) is 1.44. The Balaban J connectivity index is 2.38. The monoisotopic (exact) mass is 242 g/mol. The van der Waals surface area contributed by atoms with Crippen molar-refractivity contribution in [3.63, 3.8) is 0 Å². The molecule has 0 radical (unpaired) electrons. The maximum atomic E-state index is 11.0. The van der Waals surface area contributed by atoms with Gasteiger partial charge in [0.15, 0.2) is 0 Å². The van der Waals surface area contributed by atoms with Crippen LogP contribution in [-0.4, -0.2) is 16.2 Å². The second-order valence-electron chi connectivity index (χ2n) is 3.51. The largest absolute Gasteiger partial charge is 0.507 e. The van der Waals surface area contributed by atoms with E-state index in [-0.39, 0.29) is 17.0 Å². The molecule has 0 aliphatic heterocycles. The van der Waals surface area contributed by atoms with Crippen LogP contribution >= 0.6 is 0 Å². The predicted molar refractivity (Wildman–Crippen MR) is 65.7 cm³/mol. The second kappa shape index (κ2) is 5.09. The Morgan fingerprint density at radius 3 is 2.33 bits per heavy atom. The Hall–Kier alpha value is -2.69. The lowest BCUT2D eigenvalue weighted by atomic mass is 10.1. The molecule has 0 amide bonds. The minimum atomic E-state index is -1.24. The zero-order valence-corrected chi connectivity index (χ0v) is 9.32. The molecule has 2 aromatic carbocycles. The summed E-state index contributed by atoms with van der Waals surface area (Å²) in [6.45, 7) is 0. The number of hydrogen-bond donors (Lipinski definition) is 2. The van der Waals surface area contributed by atoms with E-state index in [1.807, 2.05) is 6.07 Å². The van der Waals surface area contributed by atoms with Crippen molar-refractivity contribution in [2.45, 2.75) is 0 Å². The Morgan fingerprint density at radius 2 is 1.67 bits per heavy atom. The van der Waals surface area contributed by atoms with Crippen molar-refractivity contribution in [3.8, 4) is 5.75 Å². The molecule has 0 aromatic heterocycles. The van der Waals surface area contributed by atoms with E-state index in [9.17, 15) is 9.90 Å². The maximum absolute atomic E-state index is 11.0. The highest BCUT2D eigenvalue weighted by Gasteiger charge is 2.14. The first-order chi connectivity index (χ1) is 8.68. The van der Waals surface area contributed by atoms with Gasteiger partial charge in [0.05, 0.1) is 5.69 Å². The zero-order chi connectivity index (χ0) is 13.0. The van der Waals surface area contributed by atoms with Crippen molar-refractivity contribution in [1.29, 1.82) is 0 Å². The summed E-state index contributed by atoms with van der Waals surface area (Å²) in [4.78, 5) is 11.0. The molecule has 0 heterocycles. The van der Waals surface area contributed by atoms with Crippen molar-refractivity contribution in [2.24, 2.45) is 10.2 Å². The molecule has 0 fully saturated rings. The highest BCUT2D eigenvalue weighted by Crippen LogP contribution is 2.29. The molecule has 0 saturated carbocycles. The van der Waals surface area contributed by atoms with Gasteiger partial charge < -0.3 is 10.2 Å². The van der Waals surface area contributed by atoms with E-state index in [1.54, 1.807) is 24.3 Å². The summed E-state index contributed by atoms with van der Waals surface area (Å²) in [5, 5.41) is 26.2. The minimum Gasteiger partial charge on any atom is -0.507 e. The third-order valence-corrected chi connectivity index (χ3v) is 2.26. The van der Waals surface area contributed by atoms with Crippen molar-refractivity contribution < 1.29 is 15.0 Å². The summed E-state index contributed by atoms with van der Waals surface area (Å²) in [6.07, 6.45) is 0. The normalized spacial score (nSPS) is 10.7. The molecule has 18 heavy (non-hydrogen) atoms. The Bertz CT molecular complexity index is 594. The summed E-state index contributed by atoms with van der Waals surface area (Å²) < 4.78 is 0. The highest BCUT2D eigenvalue weighted by molar-refractivity contribution is 5.96. The first-order valence-corrected chi connectivity index (χ1v) is 5.20. The van der Waals surface area contributed by atoms with Crippen LogP contribution in [0, 0.1) is 0 Å². The van der Waals surface area contributed by atoms with Crippen LogP contribution in [0.25, 0.3) is 0 Å². The number of carboxylic acids is 1. The van der Waals surface area contributed by atoms with E-state index in [2.05, 4.69) is 10.2 Å². The standard InChI is InChI=1S/C13H10N2O3/c16-11-8-4-7-10(12(11)13(17)18)15-14-9-5-2-1-3-6-9/h1-8,16H,(H,17,18). The molecule has 90 valence electrons. The Kier molecular flexibility index (Phi) is 3.33. The van der Waals surface area contributed by atoms with Crippen LogP contribution in [0.4, 0.5) is 11.4 Å². The number of nitrogens with zero attached hydrogens (tertiary/aromatic N) is 2. The van der Waals surface area contributed by atoms with Gasteiger partial charge in [-0.15, -0.1) is 5.11 Å². The fraction of sp³-hybridized carbons (Fsp3) is 0. The highest BCUT2D eigenvalue weighted by atomic mass is 16.4. The summed E-state index contributed by atoms with van der Waals surface area (Å²) in [5.74, 6) is -1.57. The number of carboxylic acid groups (broad SMARTS) is 1. The van der Waals surface area contributed by atoms with E-state index < -0.39 is 5.97 Å². The number of benzene rings is 2. The van der Waals surface area contributed by atoms with Crippen LogP contribution in [0.1, 0.15) is 10.4 Å². The molecule has 0 unspecified atom stereocenters. The van der Waals surface area contributed by atoms with E-state index >= 15 is 0 Å². The molecule has 0 spiro atoms. The number of phenols is 1. The third-order valence-electron chi connectivity index (χ3n) is 2.26. The first kappa shape index (κ1) is 11.8. The quantitative estimate of drug-likeness (QED) is 0.808. The first-order valence-electron chi connectivity index (χ1n) is 5.20. The molecule has 0 saturated heterocycles. The van der Waals surface area contributed by atoms with Gasteiger partial charge in [0.25, 0.3) is 0 Å². The lowest BCUT2D eigenvalue weighted by Gasteiger charge is -2.01. The number of rotatable bonds is 3. The minimum absolute atomic E-state index is 0.117. The van der Waals surface area contributed by atoms with Crippen molar-refractivity contribution in [3.05, 3.63) is 54.1 Å². The van der Waals surface area contributed by atoms with Gasteiger partial charge in [-0.1, -0.05) is 24.3 Å². The molecule has 0 bridgehead atoms. The third kappa shape index (κ3) is 2.52. The van der Waals surface area contributed by atoms with Crippen LogP contribution in [0.2, 0.25) is 0 Å². The average molecular weight is 242 g/mol. The van der Waals surface area contributed by atoms with Crippen LogP contribution < -0.4 is 0 Å². The van der Waals surface area contributed by atoms with Crippen molar-refractivity contribution >= 4 is 17.3 Å². The topological polar surface area (TPSA) is 82.2 Å². The van der Waals surface area contributed by atoms with Gasteiger partial charge in [0.2, 0.25) is 0 Å². The summed E-state index contributed by atoms with van der Waals surface area (Å²) in [6, 6.07) is 13.2. The van der Waals surface area contributed by atoms with Gasteiger partial charge in [0.1, 0.15) is 17.0 Å². The molecular weight excluding hydrogens is 232 g/mol. The van der Waals surface area contributed by atoms with E-state index in [0.29, 0.717) is 5.69 Å². The number of aromatic hydroxyl groups is 1. The number of carbonyl (C=O) groups is 1. The molecular formula is C13H10N2O3. The average Bonchev–Trinajstić information content (AvgIpc) is 2.37. The lowest BCUT2D eigenvalue weighted by molar-refractivity contribution is 0.0694. The predicted octanol–water partition coefficient (Wildman–Crippen LogP) is 3.51. The molecule has 2 rings (SSSR count). The van der Waals surface area contributed by atoms with Crippen LogP contribution in [0.15, 0.2) is 58.8 Å². The number of aromatic carboxylic acids is 1. The second-order valence-corrected chi connectivity index (χ2v) is 3.51. The molecule has 0 aliphatic rings. The Morgan fingerprint density at radius 1 is 0.944 bits per heavy atom. The molecule has 0 atom stereocenters. The zero-order valence-electron chi connectivity index (χ0n) is 9.32. The molecule has 2 aromatic rings. The van der Waals surface area contributed by atoms with Crippen LogP contribution in [0.3, 0.4) is 0 Å². The van der Waals surface area contributed by atoms with E-state index in [1.165, 1.54) is 18.2 Å².